The third kappa shape index (κ3) is 2.85. The first-order valence-electron chi connectivity index (χ1n) is 6.50. The van der Waals surface area contributed by atoms with Gasteiger partial charge in [0.25, 0.3) is 0 Å². The van der Waals surface area contributed by atoms with E-state index in [9.17, 15) is 0 Å². The van der Waals surface area contributed by atoms with Gasteiger partial charge in [0.2, 0.25) is 0 Å². The van der Waals surface area contributed by atoms with E-state index in [2.05, 4.69) is 30.6 Å². The summed E-state index contributed by atoms with van der Waals surface area (Å²) in [5.74, 6) is 0.971. The van der Waals surface area contributed by atoms with Gasteiger partial charge in [-0.25, -0.2) is 0 Å². The molecule has 3 nitrogen and oxygen atoms in total. The maximum atomic E-state index is 4.32. The van der Waals surface area contributed by atoms with Crippen LogP contribution >= 0.6 is 0 Å². The SMILES string of the molecule is CCn1cc(CC(CC2CCC2)NC)cn1. The van der Waals surface area contributed by atoms with Gasteiger partial charge in [-0.15, -0.1) is 0 Å². The highest BCUT2D eigenvalue weighted by Gasteiger charge is 2.21. The second-order valence-corrected chi connectivity index (χ2v) is 4.93. The molecule has 1 aromatic rings. The molecule has 0 saturated heterocycles. The van der Waals surface area contributed by atoms with E-state index >= 15 is 0 Å². The van der Waals surface area contributed by atoms with E-state index in [1.54, 1.807) is 0 Å². The van der Waals surface area contributed by atoms with E-state index in [1.165, 1.54) is 31.2 Å². The fourth-order valence-electron chi connectivity index (χ4n) is 2.40. The second-order valence-electron chi connectivity index (χ2n) is 4.93. The molecule has 1 unspecified atom stereocenters. The van der Waals surface area contributed by atoms with Gasteiger partial charge >= 0.3 is 0 Å². The van der Waals surface area contributed by atoms with Crippen molar-refractivity contribution < 1.29 is 0 Å². The molecule has 1 aliphatic rings. The maximum absolute atomic E-state index is 4.32. The monoisotopic (exact) mass is 221 g/mol. The summed E-state index contributed by atoms with van der Waals surface area (Å²) >= 11 is 0. The van der Waals surface area contributed by atoms with Crippen molar-refractivity contribution in [3.63, 3.8) is 0 Å². The fourth-order valence-corrected chi connectivity index (χ4v) is 2.40. The van der Waals surface area contributed by atoms with Gasteiger partial charge in [0.15, 0.2) is 0 Å². The van der Waals surface area contributed by atoms with E-state index in [-0.39, 0.29) is 0 Å². The molecule has 0 bridgehead atoms. The summed E-state index contributed by atoms with van der Waals surface area (Å²) in [6.45, 7) is 3.09. The molecule has 1 atom stereocenters. The Labute approximate surface area is 98.2 Å². The summed E-state index contributed by atoms with van der Waals surface area (Å²) in [5.41, 5.74) is 1.36. The Balaban J connectivity index is 1.84. The van der Waals surface area contributed by atoms with Crippen molar-refractivity contribution in [3.05, 3.63) is 18.0 Å². The van der Waals surface area contributed by atoms with Crippen LogP contribution in [0.1, 0.15) is 38.2 Å². The zero-order valence-electron chi connectivity index (χ0n) is 10.4. The average Bonchev–Trinajstić information content (AvgIpc) is 2.69. The molecule has 1 saturated carbocycles. The van der Waals surface area contributed by atoms with Crippen LogP contribution in [-0.2, 0) is 13.0 Å². The fraction of sp³-hybridized carbons (Fsp3) is 0.769. The molecule has 1 N–H and O–H groups in total. The topological polar surface area (TPSA) is 29.9 Å². The lowest BCUT2D eigenvalue weighted by molar-refractivity contribution is 0.263. The highest BCUT2D eigenvalue weighted by molar-refractivity contribution is 5.06. The number of nitrogens with zero attached hydrogens (tertiary/aromatic N) is 2. The van der Waals surface area contributed by atoms with Crippen molar-refractivity contribution in [1.29, 1.82) is 0 Å². The average molecular weight is 221 g/mol. The lowest BCUT2D eigenvalue weighted by Gasteiger charge is -2.29. The van der Waals surface area contributed by atoms with Crippen molar-refractivity contribution in [2.75, 3.05) is 7.05 Å². The van der Waals surface area contributed by atoms with Gasteiger partial charge in [-0.2, -0.15) is 5.10 Å². The van der Waals surface area contributed by atoms with Crippen LogP contribution in [0, 0.1) is 5.92 Å². The Morgan fingerprint density at radius 2 is 2.38 bits per heavy atom. The Bertz CT molecular complexity index is 315. The van der Waals surface area contributed by atoms with Gasteiger partial charge in [0.05, 0.1) is 6.20 Å². The molecular weight excluding hydrogens is 198 g/mol. The molecular formula is C13H23N3. The summed E-state index contributed by atoms with van der Waals surface area (Å²) < 4.78 is 2.01. The highest BCUT2D eigenvalue weighted by Crippen LogP contribution is 2.30. The quantitative estimate of drug-likeness (QED) is 0.798. The van der Waals surface area contributed by atoms with Crippen LogP contribution in [0.15, 0.2) is 12.4 Å². The summed E-state index contributed by atoms with van der Waals surface area (Å²) in [5, 5.41) is 7.76. The molecule has 0 spiro atoms. The van der Waals surface area contributed by atoms with E-state index < -0.39 is 0 Å². The minimum Gasteiger partial charge on any atom is -0.317 e. The van der Waals surface area contributed by atoms with Crippen molar-refractivity contribution >= 4 is 0 Å². The van der Waals surface area contributed by atoms with E-state index in [1.807, 2.05) is 10.9 Å². The smallest absolute Gasteiger partial charge is 0.0522 e. The molecule has 3 heteroatoms. The number of nitrogens with one attached hydrogen (secondary N) is 1. The first kappa shape index (κ1) is 11.6. The Hall–Kier alpha value is -0.830. The van der Waals surface area contributed by atoms with Gasteiger partial charge in [-0.3, -0.25) is 4.68 Å². The Morgan fingerprint density at radius 3 is 2.88 bits per heavy atom. The molecule has 2 rings (SSSR count). The number of rotatable bonds is 6. The van der Waals surface area contributed by atoms with Gasteiger partial charge < -0.3 is 5.32 Å². The number of likely N-dealkylation sites (N-methyl/N-ethyl adjacent to an activating group) is 1. The van der Waals surface area contributed by atoms with Gasteiger partial charge in [0, 0.05) is 18.8 Å². The largest absolute Gasteiger partial charge is 0.317 e. The van der Waals surface area contributed by atoms with Crippen LogP contribution in [0.5, 0.6) is 0 Å². The predicted molar refractivity (Wildman–Crippen MR) is 66.4 cm³/mol. The second kappa shape index (κ2) is 5.48. The lowest BCUT2D eigenvalue weighted by Crippen LogP contribution is -2.31. The van der Waals surface area contributed by atoms with E-state index in [0.717, 1.165) is 18.9 Å². The van der Waals surface area contributed by atoms with Crippen LogP contribution in [0.25, 0.3) is 0 Å². The summed E-state index contributed by atoms with van der Waals surface area (Å²) in [7, 11) is 2.08. The maximum Gasteiger partial charge on any atom is 0.0522 e. The van der Waals surface area contributed by atoms with Gasteiger partial charge in [0.1, 0.15) is 0 Å². The Kier molecular flexibility index (Phi) is 3.99. The molecule has 1 aliphatic carbocycles. The molecule has 0 aromatic carbocycles. The molecule has 0 radical (unpaired) electrons. The first-order chi connectivity index (χ1) is 7.81. The molecule has 16 heavy (non-hydrogen) atoms. The Morgan fingerprint density at radius 1 is 1.56 bits per heavy atom. The summed E-state index contributed by atoms with van der Waals surface area (Å²) in [4.78, 5) is 0. The van der Waals surface area contributed by atoms with Gasteiger partial charge in [-0.1, -0.05) is 19.3 Å². The molecule has 1 aromatic heterocycles. The van der Waals surface area contributed by atoms with Gasteiger partial charge in [-0.05, 0) is 38.3 Å². The molecule has 1 fully saturated rings. The minimum atomic E-state index is 0.625. The van der Waals surface area contributed by atoms with E-state index in [0.29, 0.717) is 6.04 Å². The summed E-state index contributed by atoms with van der Waals surface area (Å²) in [6.07, 6.45) is 10.9. The summed E-state index contributed by atoms with van der Waals surface area (Å²) in [6, 6.07) is 0.625. The van der Waals surface area contributed by atoms with Crippen molar-refractivity contribution in [1.82, 2.24) is 15.1 Å². The van der Waals surface area contributed by atoms with Crippen molar-refractivity contribution in [2.24, 2.45) is 5.92 Å². The van der Waals surface area contributed by atoms with Crippen LogP contribution in [0.4, 0.5) is 0 Å². The molecule has 1 heterocycles. The number of aryl methyl sites for hydroxylation is 1. The van der Waals surface area contributed by atoms with Crippen LogP contribution in [0.2, 0.25) is 0 Å². The normalized spacial score (nSPS) is 18.4. The molecule has 0 amide bonds. The number of hydrogen-bond donors (Lipinski definition) is 1. The van der Waals surface area contributed by atoms with E-state index in [4.69, 9.17) is 0 Å². The van der Waals surface area contributed by atoms with Crippen LogP contribution in [-0.4, -0.2) is 22.9 Å². The van der Waals surface area contributed by atoms with Crippen molar-refractivity contribution in [2.45, 2.75) is 51.6 Å². The van der Waals surface area contributed by atoms with Crippen LogP contribution < -0.4 is 5.32 Å². The third-order valence-corrected chi connectivity index (χ3v) is 3.74. The zero-order valence-corrected chi connectivity index (χ0v) is 10.4. The third-order valence-electron chi connectivity index (χ3n) is 3.74. The molecule has 90 valence electrons. The standard InChI is InChI=1S/C13H23N3/c1-3-16-10-12(9-15-16)8-13(14-2)7-11-5-4-6-11/h9-11,13-14H,3-8H2,1-2H3. The zero-order chi connectivity index (χ0) is 11.4. The first-order valence-corrected chi connectivity index (χ1v) is 6.50. The lowest BCUT2D eigenvalue weighted by atomic mass is 9.80. The number of aromatic nitrogens is 2. The van der Waals surface area contributed by atoms with Crippen molar-refractivity contribution in [3.8, 4) is 0 Å². The molecule has 0 aliphatic heterocycles. The minimum absolute atomic E-state index is 0.625. The highest BCUT2D eigenvalue weighted by atomic mass is 15.3. The number of hydrogen-bond acceptors (Lipinski definition) is 2. The van der Waals surface area contributed by atoms with Crippen LogP contribution in [0.3, 0.4) is 0 Å². The predicted octanol–water partition coefficient (Wildman–Crippen LogP) is 2.22.